The highest BCUT2D eigenvalue weighted by molar-refractivity contribution is 6.01. The van der Waals surface area contributed by atoms with E-state index in [2.05, 4.69) is 25.1 Å². The van der Waals surface area contributed by atoms with E-state index in [4.69, 9.17) is 4.98 Å². The standard InChI is InChI=1S/C26H26N2O2/c1-17-20(26(30)28-13-7-8-14-28)16-23(29)25-21(24(17)18-9-3-2-4-10-18)15-19-11-5-6-12-22(19)27-25/h2-6,9-12,15,17,20,24H,7-8,13-14,16H2,1H3/t17-,20-,24+/m0/s1. The molecule has 1 aliphatic heterocycles. The number of rotatable bonds is 2. The predicted molar refractivity (Wildman–Crippen MR) is 117 cm³/mol. The molecule has 3 aromatic rings. The maximum absolute atomic E-state index is 13.4. The minimum Gasteiger partial charge on any atom is -0.342 e. The molecule has 0 bridgehead atoms. The van der Waals surface area contributed by atoms with E-state index in [1.165, 1.54) is 0 Å². The van der Waals surface area contributed by atoms with Crippen LogP contribution in [0.1, 0.15) is 53.7 Å². The lowest BCUT2D eigenvalue weighted by Gasteiger charge is -2.31. The Morgan fingerprint density at radius 3 is 2.47 bits per heavy atom. The van der Waals surface area contributed by atoms with Gasteiger partial charge in [0.15, 0.2) is 5.78 Å². The number of amides is 1. The van der Waals surface area contributed by atoms with Crippen molar-refractivity contribution in [1.29, 1.82) is 0 Å². The summed E-state index contributed by atoms with van der Waals surface area (Å²) < 4.78 is 0. The van der Waals surface area contributed by atoms with E-state index in [9.17, 15) is 9.59 Å². The molecule has 2 heterocycles. The van der Waals surface area contributed by atoms with Gasteiger partial charge in [0.2, 0.25) is 5.91 Å². The molecular formula is C26H26N2O2. The van der Waals surface area contributed by atoms with Gasteiger partial charge in [-0.3, -0.25) is 9.59 Å². The number of fused-ring (bicyclic) bond motifs is 2. The molecule has 1 aromatic heterocycles. The highest BCUT2D eigenvalue weighted by Gasteiger charge is 2.41. The molecule has 152 valence electrons. The Kier molecular flexibility index (Phi) is 4.86. The number of para-hydroxylation sites is 1. The Morgan fingerprint density at radius 2 is 1.70 bits per heavy atom. The van der Waals surface area contributed by atoms with Crippen LogP contribution in [0, 0.1) is 11.8 Å². The van der Waals surface area contributed by atoms with E-state index in [-0.39, 0.29) is 35.9 Å². The van der Waals surface area contributed by atoms with E-state index >= 15 is 0 Å². The summed E-state index contributed by atoms with van der Waals surface area (Å²) in [5.41, 5.74) is 3.45. The van der Waals surface area contributed by atoms with Crippen molar-refractivity contribution < 1.29 is 9.59 Å². The van der Waals surface area contributed by atoms with Gasteiger partial charge in [0, 0.05) is 36.7 Å². The lowest BCUT2D eigenvalue weighted by molar-refractivity contribution is -0.136. The molecule has 30 heavy (non-hydrogen) atoms. The first-order valence-corrected chi connectivity index (χ1v) is 10.9. The third kappa shape index (κ3) is 3.20. The Balaban J connectivity index is 1.67. The van der Waals surface area contributed by atoms with Crippen molar-refractivity contribution in [1.82, 2.24) is 9.88 Å². The summed E-state index contributed by atoms with van der Waals surface area (Å²) in [5.74, 6) is -0.238. The van der Waals surface area contributed by atoms with Crippen molar-refractivity contribution in [3.05, 3.63) is 77.5 Å². The van der Waals surface area contributed by atoms with Gasteiger partial charge >= 0.3 is 0 Å². The van der Waals surface area contributed by atoms with E-state index in [0.29, 0.717) is 5.69 Å². The van der Waals surface area contributed by atoms with Gasteiger partial charge in [0.05, 0.1) is 5.52 Å². The number of hydrogen-bond acceptors (Lipinski definition) is 3. The number of benzene rings is 2. The average molecular weight is 399 g/mol. The van der Waals surface area contributed by atoms with Gasteiger partial charge in [0.1, 0.15) is 5.69 Å². The third-order valence-electron chi connectivity index (χ3n) is 6.81. The third-order valence-corrected chi connectivity index (χ3v) is 6.81. The van der Waals surface area contributed by atoms with Crippen LogP contribution in [0.25, 0.3) is 10.9 Å². The van der Waals surface area contributed by atoms with Gasteiger partial charge in [0.25, 0.3) is 0 Å². The first kappa shape index (κ1) is 19.0. The van der Waals surface area contributed by atoms with E-state index < -0.39 is 0 Å². The van der Waals surface area contributed by atoms with Crippen LogP contribution in [0.2, 0.25) is 0 Å². The van der Waals surface area contributed by atoms with Crippen LogP contribution >= 0.6 is 0 Å². The van der Waals surface area contributed by atoms with Gasteiger partial charge in [-0.1, -0.05) is 55.5 Å². The van der Waals surface area contributed by atoms with Gasteiger partial charge in [-0.05, 0) is 42.0 Å². The minimum absolute atomic E-state index is 0.00802. The van der Waals surface area contributed by atoms with Crippen molar-refractivity contribution in [2.45, 2.75) is 32.1 Å². The zero-order valence-corrected chi connectivity index (χ0v) is 17.3. The predicted octanol–water partition coefficient (Wildman–Crippen LogP) is 4.83. The molecule has 3 atom stereocenters. The number of nitrogens with zero attached hydrogens (tertiary/aromatic N) is 2. The zero-order valence-electron chi connectivity index (χ0n) is 17.3. The average Bonchev–Trinajstić information content (AvgIpc) is 3.29. The lowest BCUT2D eigenvalue weighted by Crippen LogP contribution is -2.38. The topological polar surface area (TPSA) is 50.3 Å². The molecule has 5 rings (SSSR count). The Hall–Kier alpha value is -3.01. The molecule has 1 aliphatic carbocycles. The molecule has 0 N–H and O–H groups in total. The molecule has 0 unspecified atom stereocenters. The highest BCUT2D eigenvalue weighted by Crippen LogP contribution is 2.43. The van der Waals surface area contributed by atoms with Crippen molar-refractivity contribution >= 4 is 22.6 Å². The molecule has 4 nitrogen and oxygen atoms in total. The Morgan fingerprint density at radius 1 is 1.00 bits per heavy atom. The zero-order chi connectivity index (χ0) is 20.7. The van der Waals surface area contributed by atoms with Crippen LogP contribution in [-0.2, 0) is 4.79 Å². The number of likely N-dealkylation sites (tertiary alicyclic amines) is 1. The number of pyridine rings is 1. The quantitative estimate of drug-likeness (QED) is 0.581. The molecule has 2 aromatic carbocycles. The van der Waals surface area contributed by atoms with Crippen LogP contribution in [0.4, 0.5) is 0 Å². The van der Waals surface area contributed by atoms with Gasteiger partial charge in [-0.2, -0.15) is 0 Å². The summed E-state index contributed by atoms with van der Waals surface area (Å²) in [6, 6.07) is 20.3. The fourth-order valence-electron chi connectivity index (χ4n) is 5.22. The fourth-order valence-corrected chi connectivity index (χ4v) is 5.22. The molecule has 1 saturated heterocycles. The van der Waals surface area contributed by atoms with E-state index in [1.54, 1.807) is 0 Å². The van der Waals surface area contributed by atoms with Gasteiger partial charge in [-0.15, -0.1) is 0 Å². The normalized spacial score (nSPS) is 24.0. The molecule has 1 amide bonds. The second kappa shape index (κ2) is 7.67. The SMILES string of the molecule is C[C@@H]1[C@H](c2ccccc2)c2cc3ccccc3nc2C(=O)C[C@@H]1C(=O)N1CCCC1. The van der Waals surface area contributed by atoms with E-state index in [0.717, 1.165) is 48.0 Å². The first-order valence-electron chi connectivity index (χ1n) is 10.9. The summed E-state index contributed by atoms with van der Waals surface area (Å²) in [5, 5.41) is 1.03. The summed E-state index contributed by atoms with van der Waals surface area (Å²) in [6.45, 7) is 3.75. The number of aromatic nitrogens is 1. The van der Waals surface area contributed by atoms with Crippen molar-refractivity contribution in [2.75, 3.05) is 13.1 Å². The molecule has 0 radical (unpaired) electrons. The first-order chi connectivity index (χ1) is 14.6. The number of carbonyl (C=O) groups excluding carboxylic acids is 2. The number of ketones is 1. The Bertz CT molecular complexity index is 1100. The second-order valence-electron chi connectivity index (χ2n) is 8.63. The maximum atomic E-state index is 13.4. The smallest absolute Gasteiger partial charge is 0.226 e. The molecule has 4 heteroatoms. The monoisotopic (exact) mass is 398 g/mol. The molecular weight excluding hydrogens is 372 g/mol. The summed E-state index contributed by atoms with van der Waals surface area (Å²) >= 11 is 0. The van der Waals surface area contributed by atoms with Crippen LogP contribution in [0.5, 0.6) is 0 Å². The second-order valence-corrected chi connectivity index (χ2v) is 8.63. The molecule has 1 fully saturated rings. The molecule has 2 aliphatic rings. The summed E-state index contributed by atoms with van der Waals surface area (Å²) in [4.78, 5) is 33.5. The number of hydrogen-bond donors (Lipinski definition) is 0. The Labute approximate surface area is 176 Å². The largest absolute Gasteiger partial charge is 0.342 e. The maximum Gasteiger partial charge on any atom is 0.226 e. The van der Waals surface area contributed by atoms with Crippen LogP contribution in [0.15, 0.2) is 60.7 Å². The number of carbonyl (C=O) groups is 2. The van der Waals surface area contributed by atoms with Crippen LogP contribution < -0.4 is 0 Å². The minimum atomic E-state index is -0.321. The molecule has 0 spiro atoms. The van der Waals surface area contributed by atoms with Crippen LogP contribution in [-0.4, -0.2) is 34.7 Å². The van der Waals surface area contributed by atoms with Crippen LogP contribution in [0.3, 0.4) is 0 Å². The lowest BCUT2D eigenvalue weighted by atomic mass is 9.75. The van der Waals surface area contributed by atoms with Crippen molar-refractivity contribution in [3.63, 3.8) is 0 Å². The molecule has 0 saturated carbocycles. The van der Waals surface area contributed by atoms with Crippen molar-refractivity contribution in [3.8, 4) is 0 Å². The number of Topliss-reactive ketones (excluding diaryl/α,β-unsaturated/α-hetero) is 1. The van der Waals surface area contributed by atoms with Crippen molar-refractivity contribution in [2.24, 2.45) is 11.8 Å². The summed E-state index contributed by atoms with van der Waals surface area (Å²) in [6.07, 6.45) is 2.34. The van der Waals surface area contributed by atoms with Gasteiger partial charge < -0.3 is 4.90 Å². The van der Waals surface area contributed by atoms with E-state index in [1.807, 2.05) is 47.4 Å². The highest BCUT2D eigenvalue weighted by atomic mass is 16.2. The summed E-state index contributed by atoms with van der Waals surface area (Å²) in [7, 11) is 0. The fraction of sp³-hybridized carbons (Fsp3) is 0.346. The van der Waals surface area contributed by atoms with Gasteiger partial charge in [-0.25, -0.2) is 4.98 Å².